The van der Waals surface area contributed by atoms with Gasteiger partial charge in [-0.3, -0.25) is 14.3 Å². The van der Waals surface area contributed by atoms with Gasteiger partial charge < -0.3 is 11.1 Å². The van der Waals surface area contributed by atoms with Gasteiger partial charge in [0.05, 0.1) is 23.2 Å². The van der Waals surface area contributed by atoms with Crippen LogP contribution in [-0.4, -0.2) is 33.9 Å². The number of nitrogens with zero attached hydrogens (tertiary/aromatic N) is 2. The number of nitrogens with two attached hydrogens (primary N) is 1. The molecule has 0 aliphatic heterocycles. The second-order valence-corrected chi connectivity index (χ2v) is 8.25. The molecule has 0 saturated carbocycles. The molecule has 2 aromatic carbocycles. The second-order valence-electron chi connectivity index (χ2n) is 8.25. The van der Waals surface area contributed by atoms with Crippen LogP contribution in [0.15, 0.2) is 48.7 Å². The van der Waals surface area contributed by atoms with Gasteiger partial charge in [-0.15, -0.1) is 0 Å². The lowest BCUT2D eigenvalue weighted by molar-refractivity contribution is -0.302. The largest absolute Gasteiger partial charge is 0.459 e. The first-order valence-electron chi connectivity index (χ1n) is 10.5. The highest BCUT2D eigenvalue weighted by molar-refractivity contribution is 6.12. The summed E-state index contributed by atoms with van der Waals surface area (Å²) >= 11 is 0. The molecule has 0 radical (unpaired) electrons. The second kappa shape index (κ2) is 9.89. The van der Waals surface area contributed by atoms with E-state index in [4.69, 9.17) is 5.73 Å². The van der Waals surface area contributed by atoms with Crippen molar-refractivity contribution in [3.8, 4) is 0 Å². The van der Waals surface area contributed by atoms with Gasteiger partial charge in [-0.25, -0.2) is 0 Å². The molecule has 3 N–H and O–H groups in total. The zero-order valence-corrected chi connectivity index (χ0v) is 19.4. The number of aryl methyl sites for hydroxylation is 1. The summed E-state index contributed by atoms with van der Waals surface area (Å²) in [6.45, 7) is 0.642. The van der Waals surface area contributed by atoms with Crippen molar-refractivity contribution in [3.63, 3.8) is 0 Å². The maximum Gasteiger partial charge on any atom is 0.459 e. The number of aromatic nitrogens is 2. The molecule has 16 heteroatoms. The quantitative estimate of drug-likeness (QED) is 0.347. The highest BCUT2D eigenvalue weighted by atomic mass is 19.4. The summed E-state index contributed by atoms with van der Waals surface area (Å²) in [5.74, 6) is -13.8. The lowest BCUT2D eigenvalue weighted by Gasteiger charge is -2.23. The summed E-state index contributed by atoms with van der Waals surface area (Å²) in [5.41, 5.74) is 0.109. The van der Waals surface area contributed by atoms with E-state index in [1.54, 1.807) is 0 Å². The topological polar surface area (TPSA) is 90.0 Å². The molecule has 39 heavy (non-hydrogen) atoms. The van der Waals surface area contributed by atoms with Gasteiger partial charge in [-0.2, -0.15) is 49.0 Å². The Hall–Kier alpha value is -4.11. The highest BCUT2D eigenvalue weighted by Gasteiger charge is 2.67. The third kappa shape index (κ3) is 5.68. The first kappa shape index (κ1) is 29.4. The lowest BCUT2D eigenvalue weighted by atomic mass is 10.0. The Kier molecular flexibility index (Phi) is 7.47. The van der Waals surface area contributed by atoms with E-state index in [1.165, 1.54) is 49.4 Å². The number of carbonyl (C=O) groups is 2. The van der Waals surface area contributed by atoms with Gasteiger partial charge in [-0.05, 0) is 36.2 Å². The molecule has 1 aromatic heterocycles. The van der Waals surface area contributed by atoms with Crippen molar-refractivity contribution in [2.45, 2.75) is 37.7 Å². The van der Waals surface area contributed by atoms with Crippen molar-refractivity contribution < 1.29 is 53.5 Å². The molecule has 3 aromatic rings. The molecular weight excluding hydrogens is 554 g/mol. The predicted octanol–water partition coefficient (Wildman–Crippen LogP) is 5.90. The van der Waals surface area contributed by atoms with E-state index in [0.29, 0.717) is 0 Å². The number of halogens is 10. The van der Waals surface area contributed by atoms with E-state index in [1.807, 2.05) is 0 Å². The van der Waals surface area contributed by atoms with Crippen molar-refractivity contribution in [3.05, 3.63) is 82.2 Å². The molecule has 210 valence electrons. The first-order chi connectivity index (χ1) is 17.8. The number of hydrogen-bond acceptors (Lipinski definition) is 3. The number of amides is 2. The Balaban J connectivity index is 1.94. The van der Waals surface area contributed by atoms with E-state index in [9.17, 15) is 53.5 Å². The summed E-state index contributed by atoms with van der Waals surface area (Å²) < 4.78 is 133. The van der Waals surface area contributed by atoms with Crippen LogP contribution in [0.25, 0.3) is 0 Å². The monoisotopic (exact) mass is 570 g/mol. The maximum atomic E-state index is 13.9. The molecule has 0 bridgehead atoms. The van der Waals surface area contributed by atoms with Crippen LogP contribution in [0.4, 0.5) is 49.6 Å². The van der Waals surface area contributed by atoms with E-state index in [0.717, 1.165) is 0 Å². The number of primary amides is 1. The molecule has 3 rings (SSSR count). The summed E-state index contributed by atoms with van der Waals surface area (Å²) in [6.07, 6.45) is -13.2. The fourth-order valence-electron chi connectivity index (χ4n) is 3.49. The van der Waals surface area contributed by atoms with Gasteiger partial charge in [-0.1, -0.05) is 24.3 Å². The number of benzene rings is 2. The smallest absolute Gasteiger partial charge is 0.366 e. The van der Waals surface area contributed by atoms with Crippen molar-refractivity contribution in [2.24, 2.45) is 5.73 Å². The van der Waals surface area contributed by atoms with Crippen LogP contribution in [0.1, 0.15) is 43.1 Å². The highest BCUT2D eigenvalue weighted by Crippen LogP contribution is 2.51. The molecule has 1 heterocycles. The van der Waals surface area contributed by atoms with Crippen molar-refractivity contribution in [1.29, 1.82) is 0 Å². The van der Waals surface area contributed by atoms with Gasteiger partial charge in [0.2, 0.25) is 5.91 Å². The van der Waals surface area contributed by atoms with Gasteiger partial charge in [0.25, 0.3) is 5.91 Å². The van der Waals surface area contributed by atoms with Gasteiger partial charge >= 0.3 is 24.2 Å². The molecule has 2 amide bonds. The average Bonchev–Trinajstić information content (AvgIpc) is 3.24. The average molecular weight is 570 g/mol. The van der Waals surface area contributed by atoms with E-state index >= 15 is 0 Å². The van der Waals surface area contributed by atoms with Crippen molar-refractivity contribution in [1.82, 2.24) is 9.78 Å². The Bertz CT molecular complexity index is 1370. The Morgan fingerprint density at radius 3 is 1.95 bits per heavy atom. The van der Waals surface area contributed by atoms with Crippen LogP contribution in [0.2, 0.25) is 0 Å². The number of nitrogens with one attached hydrogen (secondary N) is 1. The van der Waals surface area contributed by atoms with Crippen LogP contribution in [0.5, 0.6) is 0 Å². The third-order valence-electron chi connectivity index (χ3n) is 5.43. The van der Waals surface area contributed by atoms with E-state index < -0.39 is 53.8 Å². The molecule has 0 aliphatic rings. The first-order valence-corrected chi connectivity index (χ1v) is 10.5. The van der Waals surface area contributed by atoms with Gasteiger partial charge in [0, 0.05) is 11.9 Å². The van der Waals surface area contributed by atoms with E-state index in [-0.39, 0.29) is 38.8 Å². The predicted molar refractivity (Wildman–Crippen MR) is 115 cm³/mol. The van der Waals surface area contributed by atoms with Gasteiger partial charge in [0.15, 0.2) is 5.69 Å². The number of anilines is 1. The number of alkyl halides is 10. The molecule has 0 spiro atoms. The summed E-state index contributed by atoms with van der Waals surface area (Å²) in [4.78, 5) is 24.1. The van der Waals surface area contributed by atoms with Crippen LogP contribution >= 0.6 is 0 Å². The van der Waals surface area contributed by atoms with Crippen LogP contribution in [0.3, 0.4) is 0 Å². The fraction of sp³-hybridized carbons (Fsp3) is 0.261. The molecule has 0 unspecified atom stereocenters. The molecule has 6 nitrogen and oxygen atoms in total. The minimum atomic E-state index is -6.51. The Morgan fingerprint density at radius 1 is 0.872 bits per heavy atom. The van der Waals surface area contributed by atoms with Gasteiger partial charge in [0.1, 0.15) is 0 Å². The van der Waals surface area contributed by atoms with E-state index in [2.05, 4.69) is 10.4 Å². The van der Waals surface area contributed by atoms with Crippen molar-refractivity contribution in [2.75, 3.05) is 5.32 Å². The zero-order valence-electron chi connectivity index (χ0n) is 19.4. The van der Waals surface area contributed by atoms with Crippen molar-refractivity contribution >= 4 is 17.5 Å². The standard InChI is InChI=1S/C23H16F10N4O2/c1-11-8-12(6-7-16(11)35-19(39)14-5-3-2-4-13(14)18(34)38)9-37-10-15(20(24,25)22(28,29)30)17(36-37)21(26,27)23(31,32)33/h2-8,10H,9H2,1H3,(H2,34,38)(H,35,39). The van der Waals surface area contributed by atoms with Crippen LogP contribution < -0.4 is 11.1 Å². The molecule has 0 fully saturated rings. The summed E-state index contributed by atoms with van der Waals surface area (Å²) in [5, 5.41) is 5.22. The SMILES string of the molecule is Cc1cc(Cn2cc(C(F)(F)C(F)(F)F)c(C(F)(F)C(F)(F)F)n2)ccc1NC(=O)c1ccccc1C(N)=O. The Morgan fingerprint density at radius 2 is 1.44 bits per heavy atom. The minimum absolute atomic E-state index is 0.0364. The molecular formula is C23H16F10N4O2. The Labute approximate surface area is 212 Å². The van der Waals surface area contributed by atoms with Crippen LogP contribution in [-0.2, 0) is 18.4 Å². The summed E-state index contributed by atoms with van der Waals surface area (Å²) in [7, 11) is 0. The number of rotatable bonds is 7. The normalized spacial score (nSPS) is 12.9. The fourth-order valence-corrected chi connectivity index (χ4v) is 3.49. The minimum Gasteiger partial charge on any atom is -0.366 e. The third-order valence-corrected chi connectivity index (χ3v) is 5.43. The molecule has 0 atom stereocenters. The zero-order chi connectivity index (χ0) is 29.6. The summed E-state index contributed by atoms with van der Waals surface area (Å²) in [6, 6.07) is 9.25. The van der Waals surface area contributed by atoms with Crippen LogP contribution in [0, 0.1) is 6.92 Å². The lowest BCUT2D eigenvalue weighted by Crippen LogP contribution is -2.40. The molecule has 0 aliphatic carbocycles. The number of carbonyl (C=O) groups excluding carboxylic acids is 2. The number of hydrogen-bond donors (Lipinski definition) is 2. The maximum absolute atomic E-state index is 13.9. The molecule has 0 saturated heterocycles.